The second-order valence-corrected chi connectivity index (χ2v) is 6.53. The van der Waals surface area contributed by atoms with Crippen LogP contribution in [0.5, 0.6) is 5.75 Å². The number of hydrogen-bond acceptors (Lipinski definition) is 3. The molecule has 1 heterocycles. The van der Waals surface area contributed by atoms with Crippen LogP contribution in [-0.2, 0) is 0 Å². The Bertz CT molecular complexity index is 552. The number of rotatable bonds is 8. The minimum atomic E-state index is -0.291. The smallest absolute Gasteiger partial charge is 0.191 e. The molecule has 0 bridgehead atoms. The molecular weight excluding hydrogens is 319 g/mol. The van der Waals surface area contributed by atoms with E-state index in [4.69, 9.17) is 4.74 Å². The van der Waals surface area contributed by atoms with Gasteiger partial charge in [-0.15, -0.1) is 0 Å². The Balaban J connectivity index is 1.79. The summed E-state index contributed by atoms with van der Waals surface area (Å²) in [5, 5.41) is 6.70. The molecule has 6 heteroatoms. The van der Waals surface area contributed by atoms with Crippen molar-refractivity contribution in [3.8, 4) is 5.75 Å². The lowest BCUT2D eigenvalue weighted by Gasteiger charge is -2.17. The van der Waals surface area contributed by atoms with Gasteiger partial charge >= 0.3 is 0 Å². The molecule has 1 aliphatic rings. The van der Waals surface area contributed by atoms with Gasteiger partial charge in [-0.3, -0.25) is 0 Å². The van der Waals surface area contributed by atoms with Gasteiger partial charge in [0.05, 0.1) is 6.54 Å². The maximum absolute atomic E-state index is 13.2. The second kappa shape index (κ2) is 10.2. The zero-order valence-corrected chi connectivity index (χ0v) is 15.6. The molecule has 2 N–H and O–H groups in total. The van der Waals surface area contributed by atoms with E-state index in [1.807, 2.05) is 6.92 Å². The lowest BCUT2D eigenvalue weighted by Crippen LogP contribution is -2.41. The van der Waals surface area contributed by atoms with Gasteiger partial charge in [0.15, 0.2) is 5.96 Å². The van der Waals surface area contributed by atoms with Gasteiger partial charge in [-0.05, 0) is 51.4 Å². The minimum absolute atomic E-state index is 0.126. The van der Waals surface area contributed by atoms with Crippen molar-refractivity contribution in [3.63, 3.8) is 0 Å². The largest absolute Gasteiger partial charge is 0.489 e. The summed E-state index contributed by atoms with van der Waals surface area (Å²) in [6.07, 6.45) is 1.11. The van der Waals surface area contributed by atoms with Crippen LogP contribution in [-0.4, -0.2) is 56.2 Å². The van der Waals surface area contributed by atoms with Crippen LogP contribution in [0.2, 0.25) is 0 Å². The van der Waals surface area contributed by atoms with Gasteiger partial charge in [0.25, 0.3) is 0 Å². The van der Waals surface area contributed by atoms with E-state index in [0.29, 0.717) is 18.2 Å². The second-order valence-electron chi connectivity index (χ2n) is 6.53. The molecule has 1 aliphatic heterocycles. The summed E-state index contributed by atoms with van der Waals surface area (Å²) in [5.41, 5.74) is 0. The van der Waals surface area contributed by atoms with Gasteiger partial charge in [-0.2, -0.15) is 0 Å². The minimum Gasteiger partial charge on any atom is -0.489 e. The van der Waals surface area contributed by atoms with Gasteiger partial charge in [0.1, 0.15) is 17.7 Å². The van der Waals surface area contributed by atoms with Crippen LogP contribution in [0.25, 0.3) is 0 Å². The SMILES string of the molecule is CCNC(=NCC(C)Oc1cccc(F)c1)NCC1CCN(CC)C1. The maximum atomic E-state index is 13.2. The van der Waals surface area contributed by atoms with Crippen molar-refractivity contribution in [1.82, 2.24) is 15.5 Å². The molecular formula is C19H31FN4O. The standard InChI is InChI=1S/C19H31FN4O/c1-4-21-19(23-13-16-9-10-24(5-2)14-16)22-12-15(3)25-18-8-6-7-17(20)11-18/h6-8,11,15-16H,4-5,9-10,12-14H2,1-3H3,(H2,21,22,23). The van der Waals surface area contributed by atoms with Crippen LogP contribution < -0.4 is 15.4 Å². The maximum Gasteiger partial charge on any atom is 0.191 e. The third kappa shape index (κ3) is 6.90. The molecule has 1 fully saturated rings. The molecule has 0 saturated carbocycles. The van der Waals surface area contributed by atoms with Gasteiger partial charge in [-0.1, -0.05) is 13.0 Å². The molecule has 0 radical (unpaired) electrons. The Labute approximate surface area is 150 Å². The number of benzene rings is 1. The predicted octanol–water partition coefficient (Wildman–Crippen LogP) is 2.49. The summed E-state index contributed by atoms with van der Waals surface area (Å²) >= 11 is 0. The van der Waals surface area contributed by atoms with Gasteiger partial charge in [0.2, 0.25) is 0 Å². The highest BCUT2D eigenvalue weighted by atomic mass is 19.1. The van der Waals surface area contributed by atoms with Crippen LogP contribution in [0.15, 0.2) is 29.3 Å². The lowest BCUT2D eigenvalue weighted by molar-refractivity contribution is 0.229. The summed E-state index contributed by atoms with van der Waals surface area (Å²) in [6.45, 7) is 11.9. The molecule has 2 unspecified atom stereocenters. The number of ether oxygens (including phenoxy) is 1. The van der Waals surface area contributed by atoms with E-state index in [1.165, 1.54) is 25.1 Å². The number of nitrogens with one attached hydrogen (secondary N) is 2. The van der Waals surface area contributed by atoms with E-state index in [9.17, 15) is 4.39 Å². The van der Waals surface area contributed by atoms with Crippen molar-refractivity contribution < 1.29 is 9.13 Å². The van der Waals surface area contributed by atoms with Gasteiger partial charge in [0, 0.05) is 25.7 Å². The summed E-state index contributed by atoms with van der Waals surface area (Å²) in [6, 6.07) is 6.20. The molecule has 1 aromatic rings. The Kier molecular flexibility index (Phi) is 7.98. The topological polar surface area (TPSA) is 48.9 Å². The lowest BCUT2D eigenvalue weighted by atomic mass is 10.1. The molecule has 5 nitrogen and oxygen atoms in total. The molecule has 0 aliphatic carbocycles. The molecule has 0 amide bonds. The molecule has 2 atom stereocenters. The van der Waals surface area contributed by atoms with Crippen molar-refractivity contribution in [3.05, 3.63) is 30.1 Å². The van der Waals surface area contributed by atoms with Gasteiger partial charge in [-0.25, -0.2) is 9.38 Å². The number of likely N-dealkylation sites (tertiary alicyclic amines) is 1. The first-order chi connectivity index (χ1) is 12.1. The fourth-order valence-corrected chi connectivity index (χ4v) is 2.98. The highest BCUT2D eigenvalue weighted by Gasteiger charge is 2.21. The first-order valence-corrected chi connectivity index (χ1v) is 9.27. The Morgan fingerprint density at radius 3 is 2.92 bits per heavy atom. The number of hydrogen-bond donors (Lipinski definition) is 2. The van der Waals surface area contributed by atoms with Crippen molar-refractivity contribution in [2.24, 2.45) is 10.9 Å². The summed E-state index contributed by atoms with van der Waals surface area (Å²) in [4.78, 5) is 7.07. The average molecular weight is 350 g/mol. The van der Waals surface area contributed by atoms with Crippen molar-refractivity contribution >= 4 is 5.96 Å². The van der Waals surface area contributed by atoms with E-state index in [0.717, 1.165) is 32.1 Å². The molecule has 0 spiro atoms. The molecule has 2 rings (SSSR count). The van der Waals surface area contributed by atoms with Crippen LogP contribution in [0.3, 0.4) is 0 Å². The van der Waals surface area contributed by atoms with Crippen LogP contribution in [0.1, 0.15) is 27.2 Å². The third-order valence-corrected chi connectivity index (χ3v) is 4.36. The number of guanidine groups is 1. The molecule has 25 heavy (non-hydrogen) atoms. The number of aliphatic imine (C=N–C) groups is 1. The van der Waals surface area contributed by atoms with Crippen LogP contribution >= 0.6 is 0 Å². The highest BCUT2D eigenvalue weighted by molar-refractivity contribution is 5.79. The normalized spacial score (nSPS) is 19.7. The molecule has 1 saturated heterocycles. The number of halogens is 1. The summed E-state index contributed by atoms with van der Waals surface area (Å²) < 4.78 is 18.9. The van der Waals surface area contributed by atoms with Crippen LogP contribution in [0.4, 0.5) is 4.39 Å². The Morgan fingerprint density at radius 1 is 1.40 bits per heavy atom. The Morgan fingerprint density at radius 2 is 2.24 bits per heavy atom. The summed E-state index contributed by atoms with van der Waals surface area (Å²) in [7, 11) is 0. The van der Waals surface area contributed by atoms with E-state index in [-0.39, 0.29) is 11.9 Å². The summed E-state index contributed by atoms with van der Waals surface area (Å²) in [5.74, 6) is 1.73. The van der Waals surface area contributed by atoms with E-state index < -0.39 is 0 Å². The zero-order chi connectivity index (χ0) is 18.1. The third-order valence-electron chi connectivity index (χ3n) is 4.36. The average Bonchev–Trinajstić information content (AvgIpc) is 3.05. The highest BCUT2D eigenvalue weighted by Crippen LogP contribution is 2.15. The Hall–Kier alpha value is -1.82. The zero-order valence-electron chi connectivity index (χ0n) is 15.6. The number of nitrogens with zero attached hydrogens (tertiary/aromatic N) is 2. The van der Waals surface area contributed by atoms with E-state index in [2.05, 4.69) is 34.4 Å². The quantitative estimate of drug-likeness (QED) is 0.559. The van der Waals surface area contributed by atoms with Crippen molar-refractivity contribution in [1.29, 1.82) is 0 Å². The predicted molar refractivity (Wildman–Crippen MR) is 101 cm³/mol. The fraction of sp³-hybridized carbons (Fsp3) is 0.632. The molecule has 0 aromatic heterocycles. The van der Waals surface area contributed by atoms with E-state index >= 15 is 0 Å². The van der Waals surface area contributed by atoms with Crippen molar-refractivity contribution in [2.45, 2.75) is 33.3 Å². The first kappa shape index (κ1) is 19.5. The van der Waals surface area contributed by atoms with Crippen LogP contribution in [0, 0.1) is 11.7 Å². The monoisotopic (exact) mass is 350 g/mol. The molecule has 1 aromatic carbocycles. The van der Waals surface area contributed by atoms with Crippen molar-refractivity contribution in [2.75, 3.05) is 39.3 Å². The van der Waals surface area contributed by atoms with Gasteiger partial charge < -0.3 is 20.3 Å². The first-order valence-electron chi connectivity index (χ1n) is 9.27. The van der Waals surface area contributed by atoms with E-state index in [1.54, 1.807) is 12.1 Å². The molecule has 140 valence electrons. The fourth-order valence-electron chi connectivity index (χ4n) is 2.98.